The fourth-order valence-corrected chi connectivity index (χ4v) is 2.25. The summed E-state index contributed by atoms with van der Waals surface area (Å²) in [5, 5.41) is 0. The van der Waals surface area contributed by atoms with Crippen LogP contribution in [-0.4, -0.2) is 16.2 Å². The Morgan fingerprint density at radius 1 is 1.28 bits per heavy atom. The van der Waals surface area contributed by atoms with E-state index in [4.69, 9.17) is 11.6 Å². The van der Waals surface area contributed by atoms with Crippen molar-refractivity contribution in [1.29, 1.82) is 0 Å². The lowest BCUT2D eigenvalue weighted by Crippen LogP contribution is -2.04. The highest BCUT2D eigenvalue weighted by Gasteiger charge is 2.15. The standard InChI is InChI=1S/C14H13ClFNO/c1-9-7-13(14(18)8-15)10(2)17(9)12-5-3-11(16)4-6-12/h3-7H,8H2,1-2H3. The summed E-state index contributed by atoms with van der Waals surface area (Å²) in [6.07, 6.45) is 0. The van der Waals surface area contributed by atoms with Gasteiger partial charge in [-0.05, 0) is 44.2 Å². The van der Waals surface area contributed by atoms with Gasteiger partial charge in [0, 0.05) is 22.6 Å². The monoisotopic (exact) mass is 265 g/mol. The van der Waals surface area contributed by atoms with E-state index >= 15 is 0 Å². The first-order valence-electron chi connectivity index (χ1n) is 5.58. The van der Waals surface area contributed by atoms with Crippen molar-refractivity contribution in [2.75, 3.05) is 5.88 Å². The quantitative estimate of drug-likeness (QED) is 0.613. The Morgan fingerprint density at radius 2 is 1.89 bits per heavy atom. The first-order valence-corrected chi connectivity index (χ1v) is 6.12. The summed E-state index contributed by atoms with van der Waals surface area (Å²) in [7, 11) is 0. The number of carbonyl (C=O) groups excluding carboxylic acids is 1. The van der Waals surface area contributed by atoms with Crippen LogP contribution >= 0.6 is 11.6 Å². The van der Waals surface area contributed by atoms with Gasteiger partial charge in [-0.3, -0.25) is 4.79 Å². The highest BCUT2D eigenvalue weighted by Crippen LogP contribution is 2.21. The van der Waals surface area contributed by atoms with Crippen LogP contribution < -0.4 is 0 Å². The minimum atomic E-state index is -0.279. The Morgan fingerprint density at radius 3 is 2.44 bits per heavy atom. The summed E-state index contributed by atoms with van der Waals surface area (Å²) in [4.78, 5) is 11.7. The molecule has 0 fully saturated rings. The third kappa shape index (κ3) is 2.18. The number of alkyl halides is 1. The molecule has 0 saturated carbocycles. The van der Waals surface area contributed by atoms with Crippen LogP contribution in [0.15, 0.2) is 30.3 Å². The second-order valence-corrected chi connectivity index (χ2v) is 4.42. The fraction of sp³-hybridized carbons (Fsp3) is 0.214. The van der Waals surface area contributed by atoms with Crippen LogP contribution in [0.2, 0.25) is 0 Å². The molecule has 94 valence electrons. The lowest BCUT2D eigenvalue weighted by atomic mass is 10.2. The van der Waals surface area contributed by atoms with Gasteiger partial charge >= 0.3 is 0 Å². The maximum absolute atomic E-state index is 12.9. The average molecular weight is 266 g/mol. The van der Waals surface area contributed by atoms with Crippen molar-refractivity contribution in [1.82, 2.24) is 4.57 Å². The number of ketones is 1. The zero-order valence-corrected chi connectivity index (χ0v) is 11.0. The van der Waals surface area contributed by atoms with E-state index in [-0.39, 0.29) is 17.5 Å². The molecule has 0 unspecified atom stereocenters. The molecule has 0 spiro atoms. The number of nitrogens with zero attached hydrogens (tertiary/aromatic N) is 1. The second-order valence-electron chi connectivity index (χ2n) is 4.15. The van der Waals surface area contributed by atoms with Crippen molar-refractivity contribution >= 4 is 17.4 Å². The Labute approximate surface area is 110 Å². The summed E-state index contributed by atoms with van der Waals surface area (Å²) >= 11 is 5.58. The molecule has 0 bridgehead atoms. The lowest BCUT2D eigenvalue weighted by molar-refractivity contribution is 0.102. The number of carbonyl (C=O) groups is 1. The summed E-state index contributed by atoms with van der Waals surface area (Å²) in [5.74, 6) is -0.412. The van der Waals surface area contributed by atoms with Crippen LogP contribution in [0.3, 0.4) is 0 Å². The van der Waals surface area contributed by atoms with Crippen molar-refractivity contribution in [3.05, 3.63) is 53.1 Å². The molecule has 0 aliphatic heterocycles. The number of halogens is 2. The molecule has 1 aromatic heterocycles. The Balaban J connectivity index is 2.55. The van der Waals surface area contributed by atoms with E-state index in [0.29, 0.717) is 5.56 Å². The predicted octanol–water partition coefficient (Wildman–Crippen LogP) is 3.65. The number of hydrogen-bond acceptors (Lipinski definition) is 1. The summed E-state index contributed by atoms with van der Waals surface area (Å²) in [5.41, 5.74) is 3.20. The minimum Gasteiger partial charge on any atom is -0.318 e. The van der Waals surface area contributed by atoms with Gasteiger partial charge in [0.2, 0.25) is 0 Å². The topological polar surface area (TPSA) is 22.0 Å². The van der Waals surface area contributed by atoms with Gasteiger partial charge in [0.15, 0.2) is 5.78 Å². The van der Waals surface area contributed by atoms with Gasteiger partial charge in [0.1, 0.15) is 5.82 Å². The molecule has 0 radical (unpaired) electrons. The van der Waals surface area contributed by atoms with Crippen LogP contribution in [0.1, 0.15) is 21.7 Å². The van der Waals surface area contributed by atoms with Crippen molar-refractivity contribution in [3.8, 4) is 5.69 Å². The minimum absolute atomic E-state index is 0.0340. The zero-order chi connectivity index (χ0) is 13.3. The zero-order valence-electron chi connectivity index (χ0n) is 10.2. The molecule has 18 heavy (non-hydrogen) atoms. The van der Waals surface area contributed by atoms with Crippen molar-refractivity contribution in [3.63, 3.8) is 0 Å². The number of aryl methyl sites for hydroxylation is 1. The lowest BCUT2D eigenvalue weighted by Gasteiger charge is -2.09. The van der Waals surface area contributed by atoms with Crippen LogP contribution in [0.5, 0.6) is 0 Å². The number of Topliss-reactive ketones (excluding diaryl/α,β-unsaturated/α-hetero) is 1. The molecular formula is C14H13ClFNO. The number of hydrogen-bond donors (Lipinski definition) is 0. The molecule has 4 heteroatoms. The second kappa shape index (κ2) is 4.94. The normalized spacial score (nSPS) is 10.7. The molecule has 0 amide bonds. The summed E-state index contributed by atoms with van der Waals surface area (Å²) < 4.78 is 14.8. The van der Waals surface area contributed by atoms with Gasteiger partial charge in [-0.1, -0.05) is 0 Å². The Hall–Kier alpha value is -1.61. The van der Waals surface area contributed by atoms with E-state index in [9.17, 15) is 9.18 Å². The van der Waals surface area contributed by atoms with Crippen LogP contribution in [0.4, 0.5) is 4.39 Å². The van der Waals surface area contributed by atoms with Crippen molar-refractivity contribution in [2.24, 2.45) is 0 Å². The van der Waals surface area contributed by atoms with E-state index in [1.165, 1.54) is 12.1 Å². The van der Waals surface area contributed by atoms with Gasteiger partial charge in [-0.15, -0.1) is 11.6 Å². The highest BCUT2D eigenvalue weighted by molar-refractivity contribution is 6.30. The first kappa shape index (κ1) is 12.8. The van der Waals surface area contributed by atoms with E-state index in [0.717, 1.165) is 17.1 Å². The highest BCUT2D eigenvalue weighted by atomic mass is 35.5. The third-order valence-corrected chi connectivity index (χ3v) is 3.18. The maximum Gasteiger partial charge on any atom is 0.179 e. The Kier molecular flexibility index (Phi) is 3.53. The number of aromatic nitrogens is 1. The number of rotatable bonds is 3. The molecule has 1 heterocycles. The molecule has 2 rings (SSSR count). The van der Waals surface area contributed by atoms with E-state index in [2.05, 4.69) is 0 Å². The molecule has 0 N–H and O–H groups in total. The largest absolute Gasteiger partial charge is 0.318 e. The number of benzene rings is 1. The molecule has 0 atom stereocenters. The molecule has 0 aliphatic rings. The van der Waals surface area contributed by atoms with Gasteiger partial charge in [-0.2, -0.15) is 0 Å². The fourth-order valence-electron chi connectivity index (χ4n) is 2.10. The average Bonchev–Trinajstić information content (AvgIpc) is 2.65. The molecule has 0 saturated heterocycles. The molecule has 2 nitrogen and oxygen atoms in total. The van der Waals surface area contributed by atoms with Crippen LogP contribution in [-0.2, 0) is 0 Å². The maximum atomic E-state index is 12.9. The summed E-state index contributed by atoms with van der Waals surface area (Å²) in [6.45, 7) is 3.76. The summed E-state index contributed by atoms with van der Waals surface area (Å²) in [6, 6.07) is 7.98. The molecular weight excluding hydrogens is 253 g/mol. The smallest absolute Gasteiger partial charge is 0.179 e. The first-order chi connectivity index (χ1) is 8.54. The van der Waals surface area contributed by atoms with Crippen molar-refractivity contribution < 1.29 is 9.18 Å². The van der Waals surface area contributed by atoms with E-state index in [1.807, 2.05) is 24.5 Å². The van der Waals surface area contributed by atoms with Gasteiger partial charge in [0.05, 0.1) is 5.88 Å². The molecule has 2 aromatic rings. The Bertz CT molecular complexity index is 587. The molecule has 0 aliphatic carbocycles. The van der Waals surface area contributed by atoms with Crippen LogP contribution in [0.25, 0.3) is 5.69 Å². The van der Waals surface area contributed by atoms with Crippen LogP contribution in [0, 0.1) is 19.7 Å². The SMILES string of the molecule is Cc1cc(C(=O)CCl)c(C)n1-c1ccc(F)cc1. The van der Waals surface area contributed by atoms with E-state index < -0.39 is 0 Å². The van der Waals surface area contributed by atoms with Gasteiger partial charge in [0.25, 0.3) is 0 Å². The predicted molar refractivity (Wildman–Crippen MR) is 70.3 cm³/mol. The third-order valence-electron chi connectivity index (χ3n) is 2.94. The molecule has 1 aromatic carbocycles. The van der Waals surface area contributed by atoms with E-state index in [1.54, 1.807) is 12.1 Å². The van der Waals surface area contributed by atoms with Crippen molar-refractivity contribution in [2.45, 2.75) is 13.8 Å². The van der Waals surface area contributed by atoms with Gasteiger partial charge < -0.3 is 4.57 Å². The van der Waals surface area contributed by atoms with Gasteiger partial charge in [-0.25, -0.2) is 4.39 Å².